The van der Waals surface area contributed by atoms with Crippen LogP contribution in [-0.2, 0) is 20.9 Å². The number of hydrogen-bond acceptors (Lipinski definition) is 8. The van der Waals surface area contributed by atoms with Crippen LogP contribution in [0.15, 0.2) is 24.3 Å². The van der Waals surface area contributed by atoms with E-state index in [2.05, 4.69) is 9.80 Å². The molecule has 0 radical (unpaired) electrons. The Morgan fingerprint density at radius 1 is 1.07 bits per heavy atom. The zero-order valence-electron chi connectivity index (χ0n) is 16.6. The molecule has 0 amide bonds. The molecule has 10 nitrogen and oxygen atoms in total. The lowest BCUT2D eigenvalue weighted by Gasteiger charge is -2.35. The third-order valence-corrected chi connectivity index (χ3v) is 4.29. The summed E-state index contributed by atoms with van der Waals surface area (Å²) in [4.78, 5) is 22.7. The Morgan fingerprint density at radius 2 is 1.66 bits per heavy atom. The van der Waals surface area contributed by atoms with Crippen LogP contribution in [0.5, 0.6) is 5.75 Å². The van der Waals surface area contributed by atoms with Crippen molar-refractivity contribution in [1.29, 1.82) is 0 Å². The number of β-amino-alcohol motifs (C(OH)–C–C–N with tert-alkyl or cyclic N) is 2. The summed E-state index contributed by atoms with van der Waals surface area (Å²) in [5, 5.41) is 33.8. The minimum Gasteiger partial charge on any atom is -0.496 e. The van der Waals surface area contributed by atoms with Gasteiger partial charge in [0.15, 0.2) is 0 Å². The molecular weight excluding hydrogens is 384 g/mol. The first-order valence-electron chi connectivity index (χ1n) is 9.26. The maximum Gasteiger partial charge on any atom is 0.414 e. The highest BCUT2D eigenvalue weighted by molar-refractivity contribution is 6.27. The largest absolute Gasteiger partial charge is 0.496 e. The third-order valence-electron chi connectivity index (χ3n) is 4.29. The summed E-state index contributed by atoms with van der Waals surface area (Å²) < 4.78 is 10.9. The van der Waals surface area contributed by atoms with Crippen LogP contribution in [0.4, 0.5) is 0 Å². The molecule has 164 valence electrons. The fourth-order valence-electron chi connectivity index (χ4n) is 2.81. The second-order valence-corrected chi connectivity index (χ2v) is 6.46. The molecule has 0 bridgehead atoms. The van der Waals surface area contributed by atoms with Gasteiger partial charge in [0, 0.05) is 44.8 Å². The van der Waals surface area contributed by atoms with E-state index in [1.165, 1.54) is 0 Å². The lowest BCUT2D eigenvalue weighted by atomic mass is 10.2. The van der Waals surface area contributed by atoms with Crippen molar-refractivity contribution in [1.82, 2.24) is 9.80 Å². The third kappa shape index (κ3) is 10.2. The van der Waals surface area contributed by atoms with E-state index < -0.39 is 18.0 Å². The monoisotopic (exact) mass is 414 g/mol. The van der Waals surface area contributed by atoms with Gasteiger partial charge in [0.25, 0.3) is 0 Å². The number of aliphatic hydroxyl groups is 2. The molecule has 2 rings (SSSR count). The number of carboxylic acids is 2. The van der Waals surface area contributed by atoms with Crippen LogP contribution in [0.3, 0.4) is 0 Å². The van der Waals surface area contributed by atoms with Crippen LogP contribution in [-0.4, -0.2) is 108 Å². The Morgan fingerprint density at radius 3 is 2.21 bits per heavy atom. The van der Waals surface area contributed by atoms with Crippen molar-refractivity contribution in [2.45, 2.75) is 12.7 Å². The molecule has 0 aliphatic carbocycles. The van der Waals surface area contributed by atoms with Gasteiger partial charge in [-0.15, -0.1) is 0 Å². The van der Waals surface area contributed by atoms with Gasteiger partial charge in [0.2, 0.25) is 0 Å². The van der Waals surface area contributed by atoms with Gasteiger partial charge in [0.1, 0.15) is 5.75 Å². The number of carbonyl (C=O) groups is 2. The van der Waals surface area contributed by atoms with Gasteiger partial charge in [-0.05, 0) is 6.07 Å². The maximum absolute atomic E-state index is 10.1. The van der Waals surface area contributed by atoms with Crippen molar-refractivity contribution < 1.29 is 39.5 Å². The van der Waals surface area contributed by atoms with Gasteiger partial charge in [-0.2, -0.15) is 0 Å². The van der Waals surface area contributed by atoms with Crippen molar-refractivity contribution in [2.75, 3.05) is 59.6 Å². The number of piperazine rings is 1. The quantitative estimate of drug-likeness (QED) is 0.385. The molecule has 0 spiro atoms. The fraction of sp³-hybridized carbons (Fsp3) is 0.579. The molecule has 1 unspecified atom stereocenters. The van der Waals surface area contributed by atoms with E-state index in [1.54, 1.807) is 7.11 Å². The van der Waals surface area contributed by atoms with Crippen molar-refractivity contribution in [3.05, 3.63) is 29.8 Å². The average Bonchev–Trinajstić information content (AvgIpc) is 2.70. The first-order chi connectivity index (χ1) is 13.9. The number of aliphatic hydroxyl groups excluding tert-OH is 2. The zero-order valence-corrected chi connectivity index (χ0v) is 16.6. The molecule has 0 saturated carbocycles. The molecule has 1 aromatic rings. The predicted molar refractivity (Wildman–Crippen MR) is 104 cm³/mol. The topological polar surface area (TPSA) is 140 Å². The van der Waals surface area contributed by atoms with Crippen molar-refractivity contribution >= 4 is 11.9 Å². The minimum absolute atomic E-state index is 0.208. The number of aliphatic carboxylic acids is 2. The first-order valence-corrected chi connectivity index (χ1v) is 9.26. The second kappa shape index (κ2) is 13.9. The highest BCUT2D eigenvalue weighted by atomic mass is 16.5. The Bertz CT molecular complexity index is 608. The number of hydrogen-bond donors (Lipinski definition) is 4. The number of nitrogens with zero attached hydrogens (tertiary/aromatic N) is 2. The van der Waals surface area contributed by atoms with Crippen LogP contribution >= 0.6 is 0 Å². The molecule has 1 heterocycles. The summed E-state index contributed by atoms with van der Waals surface area (Å²) in [7, 11) is 1.64. The summed E-state index contributed by atoms with van der Waals surface area (Å²) >= 11 is 0. The van der Waals surface area contributed by atoms with E-state index in [-0.39, 0.29) is 6.61 Å². The van der Waals surface area contributed by atoms with Crippen molar-refractivity contribution in [3.8, 4) is 5.75 Å². The Hall–Kier alpha value is -2.24. The van der Waals surface area contributed by atoms with Gasteiger partial charge in [-0.3, -0.25) is 9.80 Å². The standard InChI is InChI=1S/C17H28N2O4.C2H2O4/c1-22-17-5-3-2-4-15(17)13-23-14-16(21)12-19-8-6-18(7-9-19)10-11-20;3-1(4)2(5)6/h2-5,16,20-21H,6-14H2,1H3;(H,3,4)(H,5,6). The molecule has 0 aromatic heterocycles. The van der Waals surface area contributed by atoms with Gasteiger partial charge in [0.05, 0.1) is 33.0 Å². The van der Waals surface area contributed by atoms with Crippen molar-refractivity contribution in [3.63, 3.8) is 0 Å². The Kier molecular flexibility index (Phi) is 11.8. The van der Waals surface area contributed by atoms with E-state index >= 15 is 0 Å². The normalized spacial score (nSPS) is 15.8. The summed E-state index contributed by atoms with van der Waals surface area (Å²) in [6.07, 6.45) is -0.492. The van der Waals surface area contributed by atoms with E-state index in [0.29, 0.717) is 19.8 Å². The summed E-state index contributed by atoms with van der Waals surface area (Å²) in [6.45, 7) is 6.04. The van der Waals surface area contributed by atoms with E-state index in [4.69, 9.17) is 34.4 Å². The van der Waals surface area contributed by atoms with Crippen molar-refractivity contribution in [2.24, 2.45) is 0 Å². The molecule has 1 aliphatic heterocycles. The van der Waals surface area contributed by atoms with Crippen LogP contribution < -0.4 is 4.74 Å². The van der Waals surface area contributed by atoms with Crippen LogP contribution in [0.2, 0.25) is 0 Å². The number of rotatable bonds is 9. The second-order valence-electron chi connectivity index (χ2n) is 6.46. The smallest absolute Gasteiger partial charge is 0.414 e. The molecule has 1 aliphatic rings. The lowest BCUT2D eigenvalue weighted by Crippen LogP contribution is -2.49. The van der Waals surface area contributed by atoms with Gasteiger partial charge in [-0.25, -0.2) is 9.59 Å². The summed E-state index contributed by atoms with van der Waals surface area (Å²) in [5.74, 6) is -2.84. The highest BCUT2D eigenvalue weighted by Crippen LogP contribution is 2.18. The SMILES string of the molecule is COc1ccccc1COCC(O)CN1CCN(CCO)CC1.O=C(O)C(=O)O. The predicted octanol–water partition coefficient (Wildman–Crippen LogP) is -0.662. The lowest BCUT2D eigenvalue weighted by molar-refractivity contribution is -0.159. The molecule has 1 aromatic carbocycles. The molecule has 10 heteroatoms. The van der Waals surface area contributed by atoms with Crippen LogP contribution in [0.25, 0.3) is 0 Å². The Labute approximate surface area is 169 Å². The highest BCUT2D eigenvalue weighted by Gasteiger charge is 2.18. The first kappa shape index (κ1) is 24.8. The molecular formula is C19H30N2O8. The molecule has 1 fully saturated rings. The Balaban J connectivity index is 0.000000612. The number of ether oxygens (including phenoxy) is 2. The average molecular weight is 414 g/mol. The molecule has 4 N–H and O–H groups in total. The van der Waals surface area contributed by atoms with Crippen LogP contribution in [0.1, 0.15) is 5.56 Å². The zero-order chi connectivity index (χ0) is 21.6. The molecule has 1 saturated heterocycles. The molecule has 29 heavy (non-hydrogen) atoms. The van der Waals surface area contributed by atoms with E-state index in [1.807, 2.05) is 24.3 Å². The minimum atomic E-state index is -1.82. The summed E-state index contributed by atoms with van der Waals surface area (Å²) in [5.41, 5.74) is 0.986. The van der Waals surface area contributed by atoms with E-state index in [9.17, 15) is 5.11 Å². The fourth-order valence-corrected chi connectivity index (χ4v) is 2.81. The number of methoxy groups -OCH3 is 1. The van der Waals surface area contributed by atoms with Gasteiger partial charge < -0.3 is 29.9 Å². The summed E-state index contributed by atoms with van der Waals surface area (Å²) in [6, 6.07) is 7.74. The number of benzene rings is 1. The van der Waals surface area contributed by atoms with E-state index in [0.717, 1.165) is 44.0 Å². The number of carboxylic acid groups (broad SMARTS) is 2. The molecule has 1 atom stereocenters. The van der Waals surface area contributed by atoms with Gasteiger partial charge in [-0.1, -0.05) is 18.2 Å². The van der Waals surface area contributed by atoms with Gasteiger partial charge >= 0.3 is 11.9 Å². The maximum atomic E-state index is 10.1. The number of para-hydroxylation sites is 1. The van der Waals surface area contributed by atoms with Crippen LogP contribution in [0, 0.1) is 0 Å².